The number of carbonyl (C=O) groups is 1. The van der Waals surface area contributed by atoms with Crippen molar-refractivity contribution in [2.75, 3.05) is 13.1 Å². The number of hydrogen-bond acceptors (Lipinski definition) is 4. The number of carbonyl (C=O) groups excluding carboxylic acids is 1. The maximum atomic E-state index is 12.6. The molecule has 0 aromatic carbocycles. The molecule has 2 fully saturated rings. The molecule has 1 amide bonds. The Hall–Kier alpha value is -1.43. The molecule has 4 aliphatic rings. The first kappa shape index (κ1) is 13.2. The molecular formula is C16H22N4O. The standard InChI is InChI=1S/C16H22N4O/c21-16(19-20-9-11-5-4-6-12(11)10-20)15-13-7-2-1-3-8-14(13)17-18-15/h1-5,8,11-15,17-18H,6-7,9-10H2,(H,19,21). The lowest BCUT2D eigenvalue weighted by Crippen LogP contribution is -2.51. The summed E-state index contributed by atoms with van der Waals surface area (Å²) in [5.74, 6) is 1.68. The second-order valence-corrected chi connectivity index (χ2v) is 6.47. The van der Waals surface area contributed by atoms with E-state index in [4.69, 9.17) is 0 Å². The molecule has 5 atom stereocenters. The fourth-order valence-electron chi connectivity index (χ4n) is 3.95. The molecule has 5 unspecified atom stereocenters. The molecule has 0 aromatic heterocycles. The van der Waals surface area contributed by atoms with E-state index in [1.807, 2.05) is 6.08 Å². The number of allylic oxidation sites excluding steroid dienone is 4. The molecule has 0 radical (unpaired) electrons. The summed E-state index contributed by atoms with van der Waals surface area (Å²) in [4.78, 5) is 12.6. The third-order valence-electron chi connectivity index (χ3n) is 5.13. The predicted octanol–water partition coefficient (Wildman–Crippen LogP) is 0.503. The van der Waals surface area contributed by atoms with Crippen molar-refractivity contribution < 1.29 is 4.79 Å². The van der Waals surface area contributed by atoms with Crippen LogP contribution < -0.4 is 16.3 Å². The molecular weight excluding hydrogens is 264 g/mol. The van der Waals surface area contributed by atoms with E-state index in [2.05, 4.69) is 51.7 Å². The van der Waals surface area contributed by atoms with Crippen molar-refractivity contribution in [2.45, 2.75) is 24.9 Å². The smallest absolute Gasteiger partial charge is 0.253 e. The van der Waals surface area contributed by atoms with Crippen LogP contribution in [0.4, 0.5) is 0 Å². The average molecular weight is 286 g/mol. The summed E-state index contributed by atoms with van der Waals surface area (Å²) in [7, 11) is 0. The highest BCUT2D eigenvalue weighted by atomic mass is 16.2. The average Bonchev–Trinajstić information content (AvgIpc) is 3.10. The normalized spacial score (nSPS) is 41.0. The highest BCUT2D eigenvalue weighted by Crippen LogP contribution is 2.31. The largest absolute Gasteiger partial charge is 0.287 e. The minimum Gasteiger partial charge on any atom is -0.287 e. The lowest BCUT2D eigenvalue weighted by Gasteiger charge is -2.23. The Morgan fingerprint density at radius 2 is 2.05 bits per heavy atom. The zero-order valence-corrected chi connectivity index (χ0v) is 12.0. The van der Waals surface area contributed by atoms with Gasteiger partial charge in [-0.3, -0.25) is 10.2 Å². The second-order valence-electron chi connectivity index (χ2n) is 6.47. The van der Waals surface area contributed by atoms with E-state index >= 15 is 0 Å². The molecule has 4 rings (SSSR count). The zero-order valence-electron chi connectivity index (χ0n) is 12.0. The van der Waals surface area contributed by atoms with E-state index in [1.54, 1.807) is 0 Å². The molecule has 3 N–H and O–H groups in total. The van der Waals surface area contributed by atoms with E-state index in [0.717, 1.165) is 25.9 Å². The lowest BCUT2D eigenvalue weighted by atomic mass is 9.91. The van der Waals surface area contributed by atoms with E-state index in [1.165, 1.54) is 0 Å². The zero-order chi connectivity index (χ0) is 14.2. The van der Waals surface area contributed by atoms with E-state index < -0.39 is 0 Å². The molecule has 21 heavy (non-hydrogen) atoms. The Kier molecular flexibility index (Phi) is 3.41. The van der Waals surface area contributed by atoms with Gasteiger partial charge in [-0.05, 0) is 24.7 Å². The highest BCUT2D eigenvalue weighted by Gasteiger charge is 2.40. The topological polar surface area (TPSA) is 56.4 Å². The summed E-state index contributed by atoms with van der Waals surface area (Å²) in [6, 6.07) is 0.0648. The van der Waals surface area contributed by atoms with Gasteiger partial charge in [0, 0.05) is 25.0 Å². The molecule has 0 aromatic rings. The number of amides is 1. The van der Waals surface area contributed by atoms with Crippen LogP contribution in [-0.4, -0.2) is 36.1 Å². The van der Waals surface area contributed by atoms with Crippen LogP contribution in [0, 0.1) is 17.8 Å². The molecule has 2 saturated heterocycles. The minimum absolute atomic E-state index is 0.0858. The van der Waals surface area contributed by atoms with Crippen molar-refractivity contribution in [1.82, 2.24) is 21.3 Å². The Labute approximate surface area is 125 Å². The monoisotopic (exact) mass is 286 g/mol. The summed E-state index contributed by atoms with van der Waals surface area (Å²) in [5.41, 5.74) is 9.50. The van der Waals surface area contributed by atoms with Gasteiger partial charge >= 0.3 is 0 Å². The SMILES string of the molecule is O=C(NN1CC2C=CCC2C1)C1NNC2C=CC=CCC21. The van der Waals surface area contributed by atoms with E-state index in [-0.39, 0.29) is 23.9 Å². The van der Waals surface area contributed by atoms with E-state index in [0.29, 0.717) is 11.8 Å². The van der Waals surface area contributed by atoms with E-state index in [9.17, 15) is 4.79 Å². The van der Waals surface area contributed by atoms with Crippen LogP contribution in [0.5, 0.6) is 0 Å². The number of hydrazine groups is 2. The first-order valence-electron chi connectivity index (χ1n) is 7.88. The third kappa shape index (κ3) is 2.46. The fraction of sp³-hybridized carbons (Fsp3) is 0.562. The van der Waals surface area contributed by atoms with Gasteiger partial charge in [-0.15, -0.1) is 0 Å². The molecule has 112 valence electrons. The summed E-state index contributed by atoms with van der Waals surface area (Å²) < 4.78 is 0. The van der Waals surface area contributed by atoms with Crippen molar-refractivity contribution in [3.63, 3.8) is 0 Å². The highest BCUT2D eigenvalue weighted by molar-refractivity contribution is 5.82. The predicted molar refractivity (Wildman–Crippen MR) is 80.7 cm³/mol. The molecule has 0 spiro atoms. The molecule has 2 aliphatic carbocycles. The first-order valence-corrected chi connectivity index (χ1v) is 7.88. The molecule has 0 saturated carbocycles. The van der Waals surface area contributed by atoms with Crippen LogP contribution in [0.1, 0.15) is 12.8 Å². The Balaban J connectivity index is 1.38. The van der Waals surface area contributed by atoms with Crippen molar-refractivity contribution in [3.8, 4) is 0 Å². The summed E-state index contributed by atoms with van der Waals surface area (Å²) >= 11 is 0. The van der Waals surface area contributed by atoms with Gasteiger partial charge in [0.1, 0.15) is 6.04 Å². The van der Waals surface area contributed by atoms with Crippen LogP contribution in [0.2, 0.25) is 0 Å². The Morgan fingerprint density at radius 3 is 2.95 bits per heavy atom. The molecule has 5 nitrogen and oxygen atoms in total. The maximum absolute atomic E-state index is 12.6. The van der Waals surface area contributed by atoms with Gasteiger partial charge in [0.05, 0.1) is 0 Å². The van der Waals surface area contributed by atoms with Crippen molar-refractivity contribution in [3.05, 3.63) is 36.5 Å². The van der Waals surface area contributed by atoms with Crippen LogP contribution in [0.15, 0.2) is 36.5 Å². The summed E-state index contributed by atoms with van der Waals surface area (Å²) in [5, 5.41) is 2.10. The van der Waals surface area contributed by atoms with Gasteiger partial charge < -0.3 is 0 Å². The van der Waals surface area contributed by atoms with Crippen LogP contribution in [-0.2, 0) is 4.79 Å². The molecule has 0 bridgehead atoms. The quantitative estimate of drug-likeness (QED) is 0.647. The Bertz CT molecular complexity index is 512. The van der Waals surface area contributed by atoms with Crippen molar-refractivity contribution >= 4 is 5.91 Å². The number of nitrogens with one attached hydrogen (secondary N) is 3. The van der Waals surface area contributed by atoms with Crippen LogP contribution in [0.3, 0.4) is 0 Å². The maximum Gasteiger partial charge on any atom is 0.253 e. The van der Waals surface area contributed by atoms with Gasteiger partial charge in [-0.25, -0.2) is 15.9 Å². The fourth-order valence-corrected chi connectivity index (χ4v) is 3.95. The Morgan fingerprint density at radius 1 is 1.10 bits per heavy atom. The van der Waals surface area contributed by atoms with Crippen LogP contribution in [0.25, 0.3) is 0 Å². The first-order chi connectivity index (χ1) is 10.3. The number of rotatable bonds is 2. The van der Waals surface area contributed by atoms with Gasteiger partial charge in [0.15, 0.2) is 0 Å². The van der Waals surface area contributed by atoms with Gasteiger partial charge in [-0.2, -0.15) is 0 Å². The summed E-state index contributed by atoms with van der Waals surface area (Å²) in [6.45, 7) is 1.92. The van der Waals surface area contributed by atoms with Crippen LogP contribution >= 0.6 is 0 Å². The van der Waals surface area contributed by atoms with Crippen molar-refractivity contribution in [1.29, 1.82) is 0 Å². The molecule has 2 heterocycles. The van der Waals surface area contributed by atoms with Crippen molar-refractivity contribution in [2.24, 2.45) is 17.8 Å². The lowest BCUT2D eigenvalue weighted by molar-refractivity contribution is -0.128. The second kappa shape index (κ2) is 5.40. The van der Waals surface area contributed by atoms with Gasteiger partial charge in [0.2, 0.25) is 0 Å². The molecule has 2 aliphatic heterocycles. The number of nitrogens with zero attached hydrogens (tertiary/aromatic N) is 1. The minimum atomic E-state index is -0.168. The number of hydrogen-bond donors (Lipinski definition) is 3. The van der Waals surface area contributed by atoms with Gasteiger partial charge in [-0.1, -0.05) is 36.5 Å². The molecule has 5 heteroatoms. The third-order valence-corrected chi connectivity index (χ3v) is 5.13. The summed E-state index contributed by atoms with van der Waals surface area (Å²) in [6.07, 6.45) is 15.0. The van der Waals surface area contributed by atoms with Gasteiger partial charge in [0.25, 0.3) is 5.91 Å². The number of fused-ring (bicyclic) bond motifs is 2.